The van der Waals surface area contributed by atoms with Crippen molar-refractivity contribution in [1.29, 1.82) is 0 Å². The molecule has 0 bridgehead atoms. The molecule has 0 radical (unpaired) electrons. The van der Waals surface area contributed by atoms with Gasteiger partial charge in [0.05, 0.1) is 11.7 Å². The molecule has 2 aliphatic rings. The molecule has 3 rings (SSSR count). The summed E-state index contributed by atoms with van der Waals surface area (Å²) in [4.78, 5) is 0. The lowest BCUT2D eigenvalue weighted by molar-refractivity contribution is 0.324. The lowest BCUT2D eigenvalue weighted by Crippen LogP contribution is -2.14. The highest BCUT2D eigenvalue weighted by atomic mass is 79.9. The maximum absolute atomic E-state index is 4.84. The average Bonchev–Trinajstić information content (AvgIpc) is 2.69. The minimum absolute atomic E-state index is 0.661. The lowest BCUT2D eigenvalue weighted by Gasteiger charge is -2.22. The van der Waals surface area contributed by atoms with Gasteiger partial charge >= 0.3 is 0 Å². The molecule has 0 aromatic carbocycles. The van der Waals surface area contributed by atoms with Gasteiger partial charge in [-0.3, -0.25) is 4.68 Å². The first-order valence-corrected chi connectivity index (χ1v) is 7.41. The number of hydrogen-bond acceptors (Lipinski definition) is 1. The first kappa shape index (κ1) is 10.8. The Morgan fingerprint density at radius 3 is 2.50 bits per heavy atom. The van der Waals surface area contributed by atoms with Gasteiger partial charge < -0.3 is 0 Å². The molecular weight excluding hydrogens is 264 g/mol. The summed E-state index contributed by atoms with van der Waals surface area (Å²) in [7, 11) is 0. The van der Waals surface area contributed by atoms with E-state index in [4.69, 9.17) is 5.10 Å². The molecule has 0 saturated heterocycles. The Morgan fingerprint density at radius 2 is 1.75 bits per heavy atom. The standard InChI is InChI=1S/C13H19BrN2/c14-13-11-8-4-5-9-12(11)15-16(13)10-6-2-1-3-7-10/h10H,1-9H2. The number of hydrogen-bond donors (Lipinski definition) is 0. The van der Waals surface area contributed by atoms with Crippen LogP contribution in [0, 0.1) is 0 Å². The van der Waals surface area contributed by atoms with Crippen LogP contribution in [0.1, 0.15) is 62.2 Å². The number of rotatable bonds is 1. The highest BCUT2D eigenvalue weighted by Gasteiger charge is 2.24. The molecule has 0 unspecified atom stereocenters. The minimum Gasteiger partial charge on any atom is -0.255 e. The Kier molecular flexibility index (Phi) is 3.05. The zero-order valence-corrected chi connectivity index (χ0v) is 11.3. The lowest BCUT2D eigenvalue weighted by atomic mass is 9.95. The van der Waals surface area contributed by atoms with Crippen LogP contribution in [0.3, 0.4) is 0 Å². The molecular formula is C13H19BrN2. The third-order valence-corrected chi connectivity index (χ3v) is 4.88. The molecule has 0 spiro atoms. The molecule has 0 amide bonds. The largest absolute Gasteiger partial charge is 0.255 e. The maximum Gasteiger partial charge on any atom is 0.107 e. The van der Waals surface area contributed by atoms with Gasteiger partial charge in [0, 0.05) is 5.56 Å². The van der Waals surface area contributed by atoms with Gasteiger partial charge in [0.25, 0.3) is 0 Å². The fourth-order valence-electron chi connectivity index (χ4n) is 3.10. The summed E-state index contributed by atoms with van der Waals surface area (Å²) in [5.41, 5.74) is 2.86. The van der Waals surface area contributed by atoms with E-state index in [1.807, 2.05) is 0 Å². The molecule has 0 atom stereocenters. The minimum atomic E-state index is 0.661. The SMILES string of the molecule is Brc1c2c(nn1C1CCCCC1)CCCC2. The van der Waals surface area contributed by atoms with Crippen molar-refractivity contribution in [3.05, 3.63) is 15.9 Å². The predicted octanol–water partition coefficient (Wildman–Crippen LogP) is 4.03. The van der Waals surface area contributed by atoms with Crippen LogP contribution in [-0.2, 0) is 12.8 Å². The summed E-state index contributed by atoms with van der Waals surface area (Å²) < 4.78 is 3.57. The Labute approximate surface area is 106 Å². The Morgan fingerprint density at radius 1 is 1.00 bits per heavy atom. The van der Waals surface area contributed by atoms with Crippen LogP contribution >= 0.6 is 15.9 Å². The van der Waals surface area contributed by atoms with Crippen LogP contribution in [0.15, 0.2) is 4.60 Å². The van der Waals surface area contributed by atoms with E-state index in [9.17, 15) is 0 Å². The van der Waals surface area contributed by atoms with E-state index >= 15 is 0 Å². The Hall–Kier alpha value is -0.310. The summed E-state index contributed by atoms with van der Waals surface area (Å²) in [6, 6.07) is 0.661. The van der Waals surface area contributed by atoms with Crippen molar-refractivity contribution < 1.29 is 0 Å². The molecule has 1 aromatic heterocycles. The van der Waals surface area contributed by atoms with E-state index in [0.717, 1.165) is 0 Å². The van der Waals surface area contributed by atoms with Gasteiger partial charge in [0.15, 0.2) is 0 Å². The second-order valence-corrected chi connectivity index (χ2v) is 5.91. The predicted molar refractivity (Wildman–Crippen MR) is 68.7 cm³/mol. The van der Waals surface area contributed by atoms with E-state index in [1.54, 1.807) is 0 Å². The average molecular weight is 283 g/mol. The fourth-order valence-corrected chi connectivity index (χ4v) is 3.90. The van der Waals surface area contributed by atoms with Gasteiger partial charge in [-0.2, -0.15) is 5.10 Å². The van der Waals surface area contributed by atoms with E-state index in [2.05, 4.69) is 20.6 Å². The zero-order chi connectivity index (χ0) is 11.0. The van der Waals surface area contributed by atoms with E-state index < -0.39 is 0 Å². The van der Waals surface area contributed by atoms with Crippen LogP contribution < -0.4 is 0 Å². The Bertz CT molecular complexity index is 378. The van der Waals surface area contributed by atoms with Crippen molar-refractivity contribution >= 4 is 15.9 Å². The van der Waals surface area contributed by atoms with Gasteiger partial charge in [-0.05, 0) is 54.5 Å². The molecule has 0 aliphatic heterocycles. The zero-order valence-electron chi connectivity index (χ0n) is 9.71. The molecule has 1 saturated carbocycles. The van der Waals surface area contributed by atoms with Gasteiger partial charge in [-0.25, -0.2) is 0 Å². The van der Waals surface area contributed by atoms with Crippen molar-refractivity contribution in [2.75, 3.05) is 0 Å². The highest BCUT2D eigenvalue weighted by Crippen LogP contribution is 2.35. The highest BCUT2D eigenvalue weighted by molar-refractivity contribution is 9.10. The summed E-state index contributed by atoms with van der Waals surface area (Å²) in [6.07, 6.45) is 11.9. The molecule has 1 fully saturated rings. The first-order chi connectivity index (χ1) is 7.86. The fraction of sp³-hybridized carbons (Fsp3) is 0.769. The maximum atomic E-state index is 4.84. The number of fused-ring (bicyclic) bond motifs is 1. The van der Waals surface area contributed by atoms with E-state index in [-0.39, 0.29) is 0 Å². The molecule has 88 valence electrons. The van der Waals surface area contributed by atoms with E-state index in [0.29, 0.717) is 6.04 Å². The quantitative estimate of drug-likeness (QED) is 0.761. The van der Waals surface area contributed by atoms with Crippen molar-refractivity contribution in [2.45, 2.75) is 63.8 Å². The monoisotopic (exact) mass is 282 g/mol. The van der Waals surface area contributed by atoms with Crippen LogP contribution in [0.5, 0.6) is 0 Å². The second kappa shape index (κ2) is 4.52. The van der Waals surface area contributed by atoms with E-state index in [1.165, 1.54) is 73.6 Å². The van der Waals surface area contributed by atoms with Crippen LogP contribution in [0.2, 0.25) is 0 Å². The van der Waals surface area contributed by atoms with Gasteiger partial charge in [0.2, 0.25) is 0 Å². The molecule has 16 heavy (non-hydrogen) atoms. The molecule has 2 aliphatic carbocycles. The summed E-state index contributed by atoms with van der Waals surface area (Å²) in [6.45, 7) is 0. The number of aryl methyl sites for hydroxylation is 1. The first-order valence-electron chi connectivity index (χ1n) is 6.62. The van der Waals surface area contributed by atoms with Crippen LogP contribution in [-0.4, -0.2) is 9.78 Å². The van der Waals surface area contributed by atoms with Crippen LogP contribution in [0.4, 0.5) is 0 Å². The van der Waals surface area contributed by atoms with Gasteiger partial charge in [0.1, 0.15) is 4.60 Å². The molecule has 1 aromatic rings. The topological polar surface area (TPSA) is 17.8 Å². The molecule has 0 N–H and O–H groups in total. The third kappa shape index (κ3) is 1.83. The summed E-state index contributed by atoms with van der Waals surface area (Å²) >= 11 is 3.77. The normalized spacial score (nSPS) is 22.1. The Balaban J connectivity index is 1.91. The second-order valence-electron chi connectivity index (χ2n) is 5.16. The molecule has 3 heteroatoms. The van der Waals surface area contributed by atoms with Crippen LogP contribution in [0.25, 0.3) is 0 Å². The van der Waals surface area contributed by atoms with Crippen molar-refractivity contribution in [2.24, 2.45) is 0 Å². The summed E-state index contributed by atoms with van der Waals surface area (Å²) in [5.74, 6) is 0. The van der Waals surface area contributed by atoms with Crippen molar-refractivity contribution in [3.63, 3.8) is 0 Å². The summed E-state index contributed by atoms with van der Waals surface area (Å²) in [5, 5.41) is 4.84. The molecule has 2 nitrogen and oxygen atoms in total. The number of halogens is 1. The van der Waals surface area contributed by atoms with Crippen molar-refractivity contribution in [1.82, 2.24) is 9.78 Å². The van der Waals surface area contributed by atoms with Gasteiger partial charge in [-0.1, -0.05) is 19.3 Å². The van der Waals surface area contributed by atoms with Crippen molar-refractivity contribution in [3.8, 4) is 0 Å². The third-order valence-electron chi connectivity index (χ3n) is 4.04. The molecule has 1 heterocycles. The smallest absolute Gasteiger partial charge is 0.107 e. The van der Waals surface area contributed by atoms with Gasteiger partial charge in [-0.15, -0.1) is 0 Å². The number of nitrogens with zero attached hydrogens (tertiary/aromatic N) is 2. The number of aromatic nitrogens is 2.